The molecule has 35 heavy (non-hydrogen) atoms. The maximum Gasteiger partial charge on any atom is 0.324 e. The van der Waals surface area contributed by atoms with Gasteiger partial charge < -0.3 is 4.74 Å². The number of carbonyl (C=O) groups is 1. The third-order valence-corrected chi connectivity index (χ3v) is 8.58. The van der Waals surface area contributed by atoms with Crippen LogP contribution in [0.3, 0.4) is 0 Å². The molecule has 0 fully saturated rings. The lowest BCUT2D eigenvalue weighted by atomic mass is 10.1. The van der Waals surface area contributed by atoms with Crippen molar-refractivity contribution in [1.82, 2.24) is 8.96 Å². The van der Waals surface area contributed by atoms with Gasteiger partial charge >= 0.3 is 5.97 Å². The lowest BCUT2D eigenvalue weighted by Crippen LogP contribution is -2.17. The molecule has 4 aromatic carbocycles. The van der Waals surface area contributed by atoms with Crippen molar-refractivity contribution < 1.29 is 17.9 Å². The SMILES string of the molecule is CCOC(=O)C(Sc1nc2ccccc2n1S(=O)(=O)c1ccc2ccccc2c1)c1ccccc1. The van der Waals surface area contributed by atoms with Crippen molar-refractivity contribution in [3.63, 3.8) is 0 Å². The number of ether oxygens (including phenoxy) is 1. The number of para-hydroxylation sites is 2. The second-order valence-electron chi connectivity index (χ2n) is 7.82. The summed E-state index contributed by atoms with van der Waals surface area (Å²) >= 11 is 1.07. The molecule has 0 aliphatic heterocycles. The molecule has 1 aromatic heterocycles. The average molecular weight is 503 g/mol. The fraction of sp³-hybridized carbons (Fsp3) is 0.111. The average Bonchev–Trinajstić information content (AvgIpc) is 3.26. The summed E-state index contributed by atoms with van der Waals surface area (Å²) in [6, 6.07) is 28.8. The molecule has 0 bridgehead atoms. The Morgan fingerprint density at radius 3 is 2.37 bits per heavy atom. The molecule has 1 atom stereocenters. The van der Waals surface area contributed by atoms with Gasteiger partial charge in [-0.15, -0.1) is 0 Å². The number of imidazole rings is 1. The van der Waals surface area contributed by atoms with Crippen LogP contribution >= 0.6 is 11.8 Å². The van der Waals surface area contributed by atoms with E-state index < -0.39 is 21.2 Å². The number of fused-ring (bicyclic) bond motifs is 2. The van der Waals surface area contributed by atoms with Gasteiger partial charge in [0.15, 0.2) is 5.16 Å². The molecule has 1 unspecified atom stereocenters. The molecule has 0 saturated heterocycles. The van der Waals surface area contributed by atoms with Gasteiger partial charge in [-0.1, -0.05) is 84.6 Å². The minimum atomic E-state index is -4.03. The van der Waals surface area contributed by atoms with E-state index in [1.165, 1.54) is 3.97 Å². The van der Waals surface area contributed by atoms with Crippen molar-refractivity contribution in [1.29, 1.82) is 0 Å². The zero-order chi connectivity index (χ0) is 24.4. The lowest BCUT2D eigenvalue weighted by molar-refractivity contribution is -0.142. The summed E-state index contributed by atoms with van der Waals surface area (Å²) in [6.07, 6.45) is 0. The van der Waals surface area contributed by atoms with Crippen molar-refractivity contribution in [2.75, 3.05) is 6.61 Å². The molecular weight excluding hydrogens is 480 g/mol. The molecule has 1 heterocycles. The van der Waals surface area contributed by atoms with E-state index in [4.69, 9.17) is 4.74 Å². The number of rotatable bonds is 7. The van der Waals surface area contributed by atoms with Gasteiger partial charge in [-0.25, -0.2) is 17.4 Å². The summed E-state index contributed by atoms with van der Waals surface area (Å²) in [5.74, 6) is -0.453. The second kappa shape index (κ2) is 9.56. The zero-order valence-corrected chi connectivity index (χ0v) is 20.5. The first-order valence-corrected chi connectivity index (χ1v) is 13.4. The second-order valence-corrected chi connectivity index (χ2v) is 10.7. The summed E-state index contributed by atoms with van der Waals surface area (Å²) in [6.45, 7) is 1.96. The van der Waals surface area contributed by atoms with Gasteiger partial charge in [-0.05, 0) is 47.5 Å². The molecule has 5 rings (SSSR count). The van der Waals surface area contributed by atoms with Crippen LogP contribution in [0.2, 0.25) is 0 Å². The third-order valence-electron chi connectivity index (χ3n) is 5.58. The molecule has 0 spiro atoms. The largest absolute Gasteiger partial charge is 0.465 e. The lowest BCUT2D eigenvalue weighted by Gasteiger charge is -2.17. The van der Waals surface area contributed by atoms with Gasteiger partial charge in [0.25, 0.3) is 10.0 Å². The van der Waals surface area contributed by atoms with Crippen molar-refractivity contribution in [3.05, 3.63) is 103 Å². The Hall–Kier alpha value is -3.62. The maximum atomic E-state index is 14.0. The highest BCUT2D eigenvalue weighted by atomic mass is 32.2. The van der Waals surface area contributed by atoms with Gasteiger partial charge in [-0.2, -0.15) is 0 Å². The molecule has 0 saturated carbocycles. The number of esters is 1. The third kappa shape index (κ3) is 4.42. The van der Waals surface area contributed by atoms with Crippen LogP contribution in [0.5, 0.6) is 0 Å². The summed E-state index contributed by atoms with van der Waals surface area (Å²) in [4.78, 5) is 17.7. The van der Waals surface area contributed by atoms with E-state index in [1.54, 1.807) is 49.4 Å². The zero-order valence-electron chi connectivity index (χ0n) is 18.9. The Morgan fingerprint density at radius 2 is 1.60 bits per heavy atom. The van der Waals surface area contributed by atoms with Gasteiger partial charge in [0, 0.05) is 0 Å². The number of carbonyl (C=O) groups excluding carboxylic acids is 1. The molecule has 176 valence electrons. The van der Waals surface area contributed by atoms with Gasteiger partial charge in [0.1, 0.15) is 5.25 Å². The Balaban J connectivity index is 1.67. The number of aromatic nitrogens is 2. The molecule has 0 amide bonds. The molecular formula is C27H22N2O4S2. The van der Waals surface area contributed by atoms with Crippen LogP contribution in [0.1, 0.15) is 17.7 Å². The standard InChI is InChI=1S/C27H22N2O4S2/c1-2-33-26(30)25(20-11-4-3-5-12-20)34-27-28-23-14-8-9-15-24(23)29(27)35(31,32)22-17-16-19-10-6-7-13-21(19)18-22/h3-18,25H,2H2,1H3. The topological polar surface area (TPSA) is 78.3 Å². The van der Waals surface area contributed by atoms with Crippen LogP contribution in [-0.4, -0.2) is 30.0 Å². The van der Waals surface area contributed by atoms with Crippen molar-refractivity contribution in [3.8, 4) is 0 Å². The molecule has 0 aliphatic rings. The van der Waals surface area contributed by atoms with Gasteiger partial charge in [-0.3, -0.25) is 4.79 Å². The number of benzene rings is 4. The van der Waals surface area contributed by atoms with E-state index >= 15 is 0 Å². The number of hydrogen-bond acceptors (Lipinski definition) is 6. The highest BCUT2D eigenvalue weighted by Gasteiger charge is 2.30. The number of thioether (sulfide) groups is 1. The molecule has 0 N–H and O–H groups in total. The van der Waals surface area contributed by atoms with Gasteiger partial charge in [0.2, 0.25) is 0 Å². The molecule has 0 radical (unpaired) electrons. The molecule has 0 aliphatic carbocycles. The van der Waals surface area contributed by atoms with Gasteiger partial charge in [0.05, 0.1) is 22.5 Å². The highest BCUT2D eigenvalue weighted by molar-refractivity contribution is 8.00. The molecule has 8 heteroatoms. The van der Waals surface area contributed by atoms with Crippen LogP contribution in [0, 0.1) is 0 Å². The first-order chi connectivity index (χ1) is 17.0. The normalized spacial score (nSPS) is 12.6. The van der Waals surface area contributed by atoms with Crippen molar-refractivity contribution in [2.45, 2.75) is 22.2 Å². The van der Waals surface area contributed by atoms with Crippen LogP contribution < -0.4 is 0 Å². The maximum absolute atomic E-state index is 14.0. The predicted octanol–water partition coefficient (Wildman–Crippen LogP) is 5.82. The monoisotopic (exact) mass is 502 g/mol. The fourth-order valence-electron chi connectivity index (χ4n) is 3.93. The Bertz CT molecular complexity index is 1630. The Labute approximate surface area is 207 Å². The quantitative estimate of drug-likeness (QED) is 0.206. The minimum Gasteiger partial charge on any atom is -0.465 e. The van der Waals surface area contributed by atoms with Crippen molar-refractivity contribution in [2.24, 2.45) is 0 Å². The predicted molar refractivity (Wildman–Crippen MR) is 138 cm³/mol. The first kappa shape index (κ1) is 23.1. The summed E-state index contributed by atoms with van der Waals surface area (Å²) in [5, 5.41) is 1.18. The summed E-state index contributed by atoms with van der Waals surface area (Å²) < 4.78 is 34.5. The van der Waals surface area contributed by atoms with E-state index in [9.17, 15) is 13.2 Å². The van der Waals surface area contributed by atoms with Crippen LogP contribution in [0.25, 0.3) is 21.8 Å². The minimum absolute atomic E-state index is 0.147. The first-order valence-electron chi connectivity index (χ1n) is 11.1. The van der Waals surface area contributed by atoms with E-state index in [-0.39, 0.29) is 16.7 Å². The van der Waals surface area contributed by atoms with E-state index in [1.807, 2.05) is 54.6 Å². The summed E-state index contributed by atoms with van der Waals surface area (Å²) in [7, 11) is -4.03. The van der Waals surface area contributed by atoms with Crippen molar-refractivity contribution >= 4 is 49.6 Å². The van der Waals surface area contributed by atoms with E-state index in [0.717, 1.165) is 22.5 Å². The highest BCUT2D eigenvalue weighted by Crippen LogP contribution is 2.39. The van der Waals surface area contributed by atoms with E-state index in [0.29, 0.717) is 16.6 Å². The van der Waals surface area contributed by atoms with E-state index in [2.05, 4.69) is 4.98 Å². The van der Waals surface area contributed by atoms with Crippen LogP contribution in [0.15, 0.2) is 107 Å². The molecule has 6 nitrogen and oxygen atoms in total. The number of nitrogens with zero attached hydrogens (tertiary/aromatic N) is 2. The van der Waals surface area contributed by atoms with Crippen LogP contribution in [0.4, 0.5) is 0 Å². The number of hydrogen-bond donors (Lipinski definition) is 0. The molecule has 5 aromatic rings. The Kier molecular flexibility index (Phi) is 6.32. The Morgan fingerprint density at radius 1 is 0.914 bits per heavy atom. The van der Waals surface area contributed by atoms with Crippen LogP contribution in [-0.2, 0) is 19.6 Å². The fourth-order valence-corrected chi connectivity index (χ4v) is 6.75. The smallest absolute Gasteiger partial charge is 0.324 e. The summed E-state index contributed by atoms with van der Waals surface area (Å²) in [5.41, 5.74) is 1.67.